The second-order valence-electron chi connectivity index (χ2n) is 5.01. The third kappa shape index (κ3) is 4.64. The molecule has 6 nitrogen and oxygen atoms in total. The zero-order chi connectivity index (χ0) is 15.3. The standard InChI is InChI=1S/C14H20N4O2S/c1-15-13(9-6-10-21(2,19)20)14-11-16-18(17-14)12-7-4-3-5-8-12/h3-5,7-8,11,13,15H,6,9-10H2,1-2H3. The summed E-state index contributed by atoms with van der Waals surface area (Å²) in [6, 6.07) is 9.67. The summed E-state index contributed by atoms with van der Waals surface area (Å²) in [6.07, 6.45) is 4.28. The number of benzene rings is 1. The molecule has 2 aromatic rings. The molecule has 114 valence electrons. The Balaban J connectivity index is 2.04. The fraction of sp³-hybridized carbons (Fsp3) is 0.429. The van der Waals surface area contributed by atoms with Gasteiger partial charge in [-0.05, 0) is 32.0 Å². The first-order valence-electron chi connectivity index (χ1n) is 6.82. The highest BCUT2D eigenvalue weighted by Gasteiger charge is 2.15. The van der Waals surface area contributed by atoms with Gasteiger partial charge in [-0.25, -0.2) is 8.42 Å². The molecule has 0 radical (unpaired) electrons. The molecule has 0 bridgehead atoms. The maximum absolute atomic E-state index is 11.2. The van der Waals surface area contributed by atoms with Gasteiger partial charge in [0, 0.05) is 12.0 Å². The molecule has 1 aromatic heterocycles. The zero-order valence-corrected chi connectivity index (χ0v) is 13.0. The Hall–Kier alpha value is -1.73. The molecule has 1 unspecified atom stereocenters. The van der Waals surface area contributed by atoms with Gasteiger partial charge in [-0.2, -0.15) is 15.0 Å². The van der Waals surface area contributed by atoms with Crippen LogP contribution in [0.3, 0.4) is 0 Å². The van der Waals surface area contributed by atoms with Crippen LogP contribution in [0.1, 0.15) is 24.6 Å². The van der Waals surface area contributed by atoms with Crippen molar-refractivity contribution in [2.45, 2.75) is 18.9 Å². The van der Waals surface area contributed by atoms with Crippen molar-refractivity contribution in [2.24, 2.45) is 0 Å². The summed E-state index contributed by atoms with van der Waals surface area (Å²) in [4.78, 5) is 1.58. The van der Waals surface area contributed by atoms with Gasteiger partial charge in [0.1, 0.15) is 15.5 Å². The van der Waals surface area contributed by atoms with Gasteiger partial charge in [-0.3, -0.25) is 0 Å². The van der Waals surface area contributed by atoms with E-state index < -0.39 is 9.84 Å². The average Bonchev–Trinajstić information content (AvgIpc) is 2.93. The van der Waals surface area contributed by atoms with Gasteiger partial charge in [-0.15, -0.1) is 0 Å². The van der Waals surface area contributed by atoms with Gasteiger partial charge in [0.05, 0.1) is 17.9 Å². The van der Waals surface area contributed by atoms with Crippen LogP contribution in [0.15, 0.2) is 36.5 Å². The van der Waals surface area contributed by atoms with Gasteiger partial charge in [0.2, 0.25) is 0 Å². The Labute approximate surface area is 125 Å². The number of nitrogens with one attached hydrogen (secondary N) is 1. The van der Waals surface area contributed by atoms with Gasteiger partial charge in [0.15, 0.2) is 0 Å². The molecule has 0 spiro atoms. The number of hydrogen-bond acceptors (Lipinski definition) is 5. The normalized spacial score (nSPS) is 13.2. The van der Waals surface area contributed by atoms with Crippen LogP contribution in [0.2, 0.25) is 0 Å². The van der Waals surface area contributed by atoms with Crippen molar-refractivity contribution < 1.29 is 8.42 Å². The fourth-order valence-corrected chi connectivity index (χ4v) is 2.80. The molecular formula is C14H20N4O2S. The Kier molecular flexibility index (Phi) is 5.08. The molecule has 0 saturated heterocycles. The number of aromatic nitrogens is 3. The van der Waals surface area contributed by atoms with E-state index in [0.717, 1.165) is 11.4 Å². The molecule has 0 aliphatic rings. The second kappa shape index (κ2) is 6.82. The maximum Gasteiger partial charge on any atom is 0.147 e. The first-order valence-corrected chi connectivity index (χ1v) is 8.88. The quantitative estimate of drug-likeness (QED) is 0.835. The summed E-state index contributed by atoms with van der Waals surface area (Å²) in [7, 11) is -1.08. The lowest BCUT2D eigenvalue weighted by atomic mass is 10.1. The second-order valence-corrected chi connectivity index (χ2v) is 7.27. The SMILES string of the molecule is CNC(CCCS(C)(=O)=O)c1cnn(-c2ccccc2)n1. The van der Waals surface area contributed by atoms with Crippen molar-refractivity contribution in [3.05, 3.63) is 42.2 Å². The first-order chi connectivity index (χ1) is 9.99. The van der Waals surface area contributed by atoms with E-state index in [1.807, 2.05) is 37.4 Å². The molecule has 2 rings (SSSR count). The van der Waals surface area contributed by atoms with Crippen molar-refractivity contribution in [1.82, 2.24) is 20.3 Å². The van der Waals surface area contributed by atoms with Crippen LogP contribution in [0, 0.1) is 0 Å². The van der Waals surface area contributed by atoms with E-state index in [2.05, 4.69) is 15.5 Å². The summed E-state index contributed by atoms with van der Waals surface area (Å²) >= 11 is 0. The highest BCUT2D eigenvalue weighted by Crippen LogP contribution is 2.16. The highest BCUT2D eigenvalue weighted by atomic mass is 32.2. The van der Waals surface area contributed by atoms with Crippen LogP contribution in [0.4, 0.5) is 0 Å². The largest absolute Gasteiger partial charge is 0.312 e. The number of sulfone groups is 1. The Morgan fingerprint density at radius 2 is 2.00 bits per heavy atom. The number of hydrogen-bond donors (Lipinski definition) is 1. The molecule has 1 aromatic carbocycles. The summed E-state index contributed by atoms with van der Waals surface area (Å²) in [5.41, 5.74) is 1.71. The van der Waals surface area contributed by atoms with Crippen LogP contribution in [-0.4, -0.2) is 42.5 Å². The monoisotopic (exact) mass is 308 g/mol. The van der Waals surface area contributed by atoms with Crippen LogP contribution in [-0.2, 0) is 9.84 Å². The lowest BCUT2D eigenvalue weighted by molar-refractivity contribution is 0.520. The van der Waals surface area contributed by atoms with Gasteiger partial charge in [-0.1, -0.05) is 18.2 Å². The molecule has 0 aliphatic heterocycles. The Morgan fingerprint density at radius 3 is 2.62 bits per heavy atom. The van der Waals surface area contributed by atoms with Gasteiger partial charge >= 0.3 is 0 Å². The van der Waals surface area contributed by atoms with E-state index in [1.165, 1.54) is 6.26 Å². The molecule has 0 fully saturated rings. The minimum absolute atomic E-state index is 0.00390. The predicted molar refractivity (Wildman–Crippen MR) is 82.1 cm³/mol. The molecule has 1 N–H and O–H groups in total. The van der Waals surface area contributed by atoms with Crippen molar-refractivity contribution in [3.63, 3.8) is 0 Å². The first kappa shape index (κ1) is 15.7. The average molecular weight is 308 g/mol. The zero-order valence-electron chi connectivity index (χ0n) is 12.2. The van der Waals surface area contributed by atoms with E-state index in [0.29, 0.717) is 12.8 Å². The number of para-hydroxylation sites is 1. The van der Waals surface area contributed by atoms with Crippen molar-refractivity contribution in [1.29, 1.82) is 0 Å². The fourth-order valence-electron chi connectivity index (χ4n) is 2.11. The highest BCUT2D eigenvalue weighted by molar-refractivity contribution is 7.90. The van der Waals surface area contributed by atoms with Crippen LogP contribution >= 0.6 is 0 Å². The summed E-state index contributed by atoms with van der Waals surface area (Å²) < 4.78 is 22.3. The predicted octanol–water partition coefficient (Wildman–Crippen LogP) is 1.35. The Morgan fingerprint density at radius 1 is 1.29 bits per heavy atom. The third-order valence-corrected chi connectivity index (χ3v) is 4.24. The molecule has 21 heavy (non-hydrogen) atoms. The van der Waals surface area contributed by atoms with Gasteiger partial charge < -0.3 is 5.32 Å². The van der Waals surface area contributed by atoms with Gasteiger partial charge in [0.25, 0.3) is 0 Å². The minimum Gasteiger partial charge on any atom is -0.312 e. The number of rotatable bonds is 7. The van der Waals surface area contributed by atoms with Crippen molar-refractivity contribution in [3.8, 4) is 5.69 Å². The topological polar surface area (TPSA) is 76.9 Å². The van der Waals surface area contributed by atoms with E-state index in [4.69, 9.17) is 0 Å². The minimum atomic E-state index is -2.92. The molecule has 0 amide bonds. The maximum atomic E-state index is 11.2. The molecule has 0 aliphatic carbocycles. The molecule has 1 atom stereocenters. The number of nitrogens with zero attached hydrogens (tertiary/aromatic N) is 3. The smallest absolute Gasteiger partial charge is 0.147 e. The lowest BCUT2D eigenvalue weighted by Gasteiger charge is -2.12. The third-order valence-electron chi connectivity index (χ3n) is 3.21. The molecule has 7 heteroatoms. The van der Waals surface area contributed by atoms with E-state index in [9.17, 15) is 8.42 Å². The Bertz CT molecular complexity index is 667. The van der Waals surface area contributed by atoms with Crippen LogP contribution in [0.5, 0.6) is 0 Å². The molecule has 1 heterocycles. The lowest BCUT2D eigenvalue weighted by Crippen LogP contribution is -2.18. The van der Waals surface area contributed by atoms with E-state index in [1.54, 1.807) is 11.0 Å². The summed E-state index contributed by atoms with van der Waals surface area (Å²) in [6.45, 7) is 0. The molecular weight excluding hydrogens is 288 g/mol. The van der Waals surface area contributed by atoms with Crippen molar-refractivity contribution >= 4 is 9.84 Å². The van der Waals surface area contributed by atoms with Crippen LogP contribution < -0.4 is 5.32 Å². The molecule has 0 saturated carbocycles. The summed E-state index contributed by atoms with van der Waals surface area (Å²) in [5.74, 6) is 0.192. The van der Waals surface area contributed by atoms with Crippen molar-refractivity contribution in [2.75, 3.05) is 19.1 Å². The van der Waals surface area contributed by atoms with E-state index >= 15 is 0 Å². The summed E-state index contributed by atoms with van der Waals surface area (Å²) in [5, 5.41) is 11.9. The van der Waals surface area contributed by atoms with E-state index in [-0.39, 0.29) is 11.8 Å². The van der Waals surface area contributed by atoms with Crippen LogP contribution in [0.25, 0.3) is 5.69 Å².